The minimum absolute atomic E-state index is 0.0767. The van der Waals surface area contributed by atoms with Crippen LogP contribution in [0, 0.1) is 5.92 Å². The SMILES string of the molecule is COCCCNC(=O)C(C)N1CCC(CO)CC1. The van der Waals surface area contributed by atoms with Crippen molar-refractivity contribution in [1.29, 1.82) is 0 Å². The van der Waals surface area contributed by atoms with E-state index >= 15 is 0 Å². The van der Waals surface area contributed by atoms with Crippen molar-refractivity contribution in [3.05, 3.63) is 0 Å². The van der Waals surface area contributed by atoms with Gasteiger partial charge < -0.3 is 15.2 Å². The molecule has 0 aromatic carbocycles. The number of methoxy groups -OCH3 is 1. The molecule has 1 aliphatic heterocycles. The standard InChI is InChI=1S/C13H26N2O3/c1-11(13(17)14-6-3-9-18-2)15-7-4-12(10-16)5-8-15/h11-12,16H,3-10H2,1-2H3,(H,14,17). The van der Waals surface area contributed by atoms with Gasteiger partial charge in [-0.2, -0.15) is 0 Å². The van der Waals surface area contributed by atoms with Crippen LogP contribution in [0.3, 0.4) is 0 Å². The molecule has 0 radical (unpaired) electrons. The molecule has 1 atom stereocenters. The number of rotatable bonds is 7. The third-order valence-electron chi connectivity index (χ3n) is 3.66. The highest BCUT2D eigenvalue weighted by Crippen LogP contribution is 2.18. The van der Waals surface area contributed by atoms with Gasteiger partial charge in [0.15, 0.2) is 0 Å². The summed E-state index contributed by atoms with van der Waals surface area (Å²) in [5.41, 5.74) is 0. The maximum atomic E-state index is 11.9. The average Bonchev–Trinajstić information content (AvgIpc) is 2.42. The second kappa shape index (κ2) is 8.45. The largest absolute Gasteiger partial charge is 0.396 e. The van der Waals surface area contributed by atoms with E-state index in [9.17, 15) is 4.79 Å². The van der Waals surface area contributed by atoms with Crippen LogP contribution in [0.1, 0.15) is 26.2 Å². The molecule has 0 saturated carbocycles. The van der Waals surface area contributed by atoms with Gasteiger partial charge in [-0.3, -0.25) is 9.69 Å². The Morgan fingerprint density at radius 2 is 2.17 bits per heavy atom. The smallest absolute Gasteiger partial charge is 0.237 e. The van der Waals surface area contributed by atoms with Gasteiger partial charge >= 0.3 is 0 Å². The summed E-state index contributed by atoms with van der Waals surface area (Å²) in [6.45, 7) is 5.37. The van der Waals surface area contributed by atoms with E-state index in [2.05, 4.69) is 10.2 Å². The second-order valence-corrected chi connectivity index (χ2v) is 4.98. The first kappa shape index (κ1) is 15.4. The zero-order valence-electron chi connectivity index (χ0n) is 11.5. The molecule has 0 aromatic rings. The van der Waals surface area contributed by atoms with Crippen molar-refractivity contribution in [2.75, 3.05) is 40.0 Å². The summed E-state index contributed by atoms with van der Waals surface area (Å²) < 4.78 is 4.94. The maximum Gasteiger partial charge on any atom is 0.237 e. The summed E-state index contributed by atoms with van der Waals surface area (Å²) in [6, 6.07) is -0.0767. The molecular weight excluding hydrogens is 232 g/mol. The predicted molar refractivity (Wildman–Crippen MR) is 70.3 cm³/mol. The molecule has 1 rings (SSSR count). The zero-order chi connectivity index (χ0) is 13.4. The topological polar surface area (TPSA) is 61.8 Å². The molecule has 106 valence electrons. The van der Waals surface area contributed by atoms with Crippen LogP contribution >= 0.6 is 0 Å². The van der Waals surface area contributed by atoms with E-state index in [0.29, 0.717) is 19.1 Å². The molecule has 0 spiro atoms. The van der Waals surface area contributed by atoms with Crippen LogP contribution in [0.5, 0.6) is 0 Å². The number of ether oxygens (including phenoxy) is 1. The molecular formula is C13H26N2O3. The fourth-order valence-electron chi connectivity index (χ4n) is 2.26. The van der Waals surface area contributed by atoms with E-state index in [1.54, 1.807) is 7.11 Å². The molecule has 5 heteroatoms. The highest BCUT2D eigenvalue weighted by atomic mass is 16.5. The third-order valence-corrected chi connectivity index (χ3v) is 3.66. The Kier molecular flexibility index (Phi) is 7.23. The van der Waals surface area contributed by atoms with Gasteiger partial charge in [0.1, 0.15) is 0 Å². The summed E-state index contributed by atoms with van der Waals surface area (Å²) in [5.74, 6) is 0.506. The predicted octanol–water partition coefficient (Wildman–Crippen LogP) is 0.232. The normalized spacial score (nSPS) is 19.7. The Morgan fingerprint density at radius 3 is 2.72 bits per heavy atom. The number of aliphatic hydroxyl groups is 1. The van der Waals surface area contributed by atoms with Crippen molar-refractivity contribution in [2.45, 2.75) is 32.2 Å². The molecule has 1 heterocycles. The van der Waals surface area contributed by atoms with E-state index in [-0.39, 0.29) is 18.6 Å². The van der Waals surface area contributed by atoms with Crippen LogP contribution in [-0.4, -0.2) is 61.9 Å². The van der Waals surface area contributed by atoms with Crippen molar-refractivity contribution in [2.24, 2.45) is 5.92 Å². The van der Waals surface area contributed by atoms with E-state index < -0.39 is 0 Å². The van der Waals surface area contributed by atoms with Crippen LogP contribution in [0.4, 0.5) is 0 Å². The number of carbonyl (C=O) groups is 1. The second-order valence-electron chi connectivity index (χ2n) is 4.98. The molecule has 0 bridgehead atoms. The summed E-state index contributed by atoms with van der Waals surface area (Å²) in [6.07, 6.45) is 2.82. The Morgan fingerprint density at radius 1 is 1.50 bits per heavy atom. The Balaban J connectivity index is 2.22. The molecule has 1 saturated heterocycles. The minimum Gasteiger partial charge on any atom is -0.396 e. The van der Waals surface area contributed by atoms with Gasteiger partial charge in [0.2, 0.25) is 5.91 Å². The molecule has 2 N–H and O–H groups in total. The Hall–Kier alpha value is -0.650. The molecule has 1 amide bonds. The first-order valence-electron chi connectivity index (χ1n) is 6.80. The Bertz CT molecular complexity index is 240. The number of nitrogens with zero attached hydrogens (tertiary/aromatic N) is 1. The van der Waals surface area contributed by atoms with Gasteiger partial charge in [-0.05, 0) is 45.2 Å². The number of hydrogen-bond acceptors (Lipinski definition) is 4. The van der Waals surface area contributed by atoms with Crippen LogP contribution in [0.15, 0.2) is 0 Å². The zero-order valence-corrected chi connectivity index (χ0v) is 11.5. The monoisotopic (exact) mass is 258 g/mol. The van der Waals surface area contributed by atoms with Gasteiger partial charge in [0, 0.05) is 26.9 Å². The van der Waals surface area contributed by atoms with E-state index in [4.69, 9.17) is 9.84 Å². The number of likely N-dealkylation sites (tertiary alicyclic amines) is 1. The average molecular weight is 258 g/mol. The van der Waals surface area contributed by atoms with Gasteiger partial charge in [0.25, 0.3) is 0 Å². The van der Waals surface area contributed by atoms with Gasteiger partial charge in [-0.15, -0.1) is 0 Å². The van der Waals surface area contributed by atoms with Crippen molar-refractivity contribution in [3.63, 3.8) is 0 Å². The molecule has 1 unspecified atom stereocenters. The van der Waals surface area contributed by atoms with Gasteiger partial charge in [0.05, 0.1) is 6.04 Å². The lowest BCUT2D eigenvalue weighted by Crippen LogP contribution is -2.48. The van der Waals surface area contributed by atoms with Crippen LogP contribution in [0.2, 0.25) is 0 Å². The van der Waals surface area contributed by atoms with Crippen molar-refractivity contribution < 1.29 is 14.6 Å². The van der Waals surface area contributed by atoms with Crippen molar-refractivity contribution >= 4 is 5.91 Å². The maximum absolute atomic E-state index is 11.9. The number of amides is 1. The molecule has 1 fully saturated rings. The molecule has 5 nitrogen and oxygen atoms in total. The van der Waals surface area contributed by atoms with Crippen LogP contribution in [0.25, 0.3) is 0 Å². The van der Waals surface area contributed by atoms with Crippen LogP contribution < -0.4 is 5.32 Å². The highest BCUT2D eigenvalue weighted by molar-refractivity contribution is 5.81. The third kappa shape index (κ3) is 4.92. The summed E-state index contributed by atoms with van der Waals surface area (Å²) >= 11 is 0. The fraction of sp³-hybridized carbons (Fsp3) is 0.923. The van der Waals surface area contributed by atoms with Gasteiger partial charge in [-0.1, -0.05) is 0 Å². The lowest BCUT2D eigenvalue weighted by Gasteiger charge is -2.34. The minimum atomic E-state index is -0.0767. The van der Waals surface area contributed by atoms with Crippen molar-refractivity contribution in [3.8, 4) is 0 Å². The number of aliphatic hydroxyl groups excluding tert-OH is 1. The van der Waals surface area contributed by atoms with E-state index in [1.165, 1.54) is 0 Å². The first-order chi connectivity index (χ1) is 8.69. The first-order valence-corrected chi connectivity index (χ1v) is 6.80. The summed E-state index contributed by atoms with van der Waals surface area (Å²) in [7, 11) is 1.66. The number of hydrogen-bond donors (Lipinski definition) is 2. The van der Waals surface area contributed by atoms with Crippen LogP contribution in [-0.2, 0) is 9.53 Å². The number of carbonyl (C=O) groups excluding carboxylic acids is 1. The molecule has 0 aliphatic carbocycles. The van der Waals surface area contributed by atoms with E-state index in [1.807, 2.05) is 6.92 Å². The summed E-state index contributed by atoms with van der Waals surface area (Å²) in [5, 5.41) is 12.0. The molecule has 18 heavy (non-hydrogen) atoms. The lowest BCUT2D eigenvalue weighted by atomic mass is 9.97. The molecule has 0 aromatic heterocycles. The van der Waals surface area contributed by atoms with Gasteiger partial charge in [-0.25, -0.2) is 0 Å². The quantitative estimate of drug-likeness (QED) is 0.642. The fourth-order valence-corrected chi connectivity index (χ4v) is 2.26. The Labute approximate surface area is 109 Å². The molecule has 1 aliphatic rings. The number of nitrogens with one attached hydrogen (secondary N) is 1. The lowest BCUT2D eigenvalue weighted by molar-refractivity contribution is -0.126. The highest BCUT2D eigenvalue weighted by Gasteiger charge is 2.25. The number of piperidine rings is 1. The van der Waals surface area contributed by atoms with E-state index in [0.717, 1.165) is 32.4 Å². The summed E-state index contributed by atoms with van der Waals surface area (Å²) in [4.78, 5) is 14.1. The van der Waals surface area contributed by atoms with Crippen molar-refractivity contribution in [1.82, 2.24) is 10.2 Å².